The summed E-state index contributed by atoms with van der Waals surface area (Å²) >= 11 is 3.25. The summed E-state index contributed by atoms with van der Waals surface area (Å²) < 4.78 is 6.91. The fourth-order valence-electron chi connectivity index (χ4n) is 1.95. The number of hydrogen-bond donors (Lipinski definition) is 1. The first-order chi connectivity index (χ1) is 11.0. The van der Waals surface area contributed by atoms with E-state index < -0.39 is 11.9 Å². The fraction of sp³-hybridized carbons (Fsp3) is 0.188. The maximum Gasteiger partial charge on any atom is 0.340 e. The summed E-state index contributed by atoms with van der Waals surface area (Å²) in [5.74, 6) is -0.926. The summed E-state index contributed by atoms with van der Waals surface area (Å²) in [7, 11) is 0. The zero-order valence-electron chi connectivity index (χ0n) is 12.4. The summed E-state index contributed by atoms with van der Waals surface area (Å²) in [6.45, 7) is 1.79. The van der Waals surface area contributed by atoms with E-state index in [1.54, 1.807) is 37.3 Å². The minimum Gasteiger partial charge on any atom is -0.462 e. The lowest BCUT2D eigenvalue weighted by Crippen LogP contribution is -2.27. The first kappa shape index (κ1) is 17.0. The molecule has 0 bridgehead atoms. The van der Waals surface area contributed by atoms with Crippen LogP contribution in [0.25, 0.3) is 0 Å². The van der Waals surface area contributed by atoms with E-state index in [1.807, 2.05) is 0 Å². The molecule has 120 valence electrons. The second-order valence-corrected chi connectivity index (χ2v) is 5.54. The van der Waals surface area contributed by atoms with E-state index in [0.717, 1.165) is 0 Å². The molecule has 1 amide bonds. The molecule has 6 nitrogen and oxygen atoms in total. The van der Waals surface area contributed by atoms with Gasteiger partial charge in [0.25, 0.3) is 5.56 Å². The molecule has 1 N–H and O–H groups in total. The van der Waals surface area contributed by atoms with Gasteiger partial charge in [-0.3, -0.25) is 9.59 Å². The molecule has 23 heavy (non-hydrogen) atoms. The van der Waals surface area contributed by atoms with Crippen LogP contribution in [0.3, 0.4) is 0 Å². The highest BCUT2D eigenvalue weighted by Crippen LogP contribution is 2.16. The molecule has 0 aliphatic rings. The number of halogens is 1. The molecule has 1 aromatic heterocycles. The van der Waals surface area contributed by atoms with Crippen LogP contribution in [0.2, 0.25) is 0 Å². The van der Waals surface area contributed by atoms with Crippen LogP contribution in [0.5, 0.6) is 0 Å². The van der Waals surface area contributed by atoms with E-state index in [-0.39, 0.29) is 24.3 Å². The Morgan fingerprint density at radius 2 is 1.96 bits per heavy atom. The minimum absolute atomic E-state index is 0.157. The Bertz CT molecular complexity index is 786. The van der Waals surface area contributed by atoms with Crippen molar-refractivity contribution in [3.05, 3.63) is 63.0 Å². The van der Waals surface area contributed by atoms with Crippen molar-refractivity contribution in [2.24, 2.45) is 0 Å². The monoisotopic (exact) mass is 378 g/mol. The number of para-hydroxylation sites is 1. The average Bonchev–Trinajstić information content (AvgIpc) is 2.51. The van der Waals surface area contributed by atoms with Crippen molar-refractivity contribution in [3.8, 4) is 0 Å². The molecule has 0 unspecified atom stereocenters. The maximum absolute atomic E-state index is 12.1. The van der Waals surface area contributed by atoms with Gasteiger partial charge in [-0.25, -0.2) is 4.79 Å². The van der Waals surface area contributed by atoms with Gasteiger partial charge in [0.05, 0.1) is 17.9 Å². The van der Waals surface area contributed by atoms with Gasteiger partial charge in [0.1, 0.15) is 6.54 Å². The van der Waals surface area contributed by atoms with Crippen molar-refractivity contribution in [1.82, 2.24) is 4.57 Å². The topological polar surface area (TPSA) is 77.4 Å². The van der Waals surface area contributed by atoms with Gasteiger partial charge in [-0.1, -0.05) is 12.1 Å². The van der Waals surface area contributed by atoms with Crippen molar-refractivity contribution < 1.29 is 14.3 Å². The Balaban J connectivity index is 2.16. The third-order valence-corrected chi connectivity index (χ3v) is 3.43. The average molecular weight is 379 g/mol. The summed E-state index contributed by atoms with van der Waals surface area (Å²) in [5, 5.41) is 2.63. The number of aromatic nitrogens is 1. The first-order valence-electron chi connectivity index (χ1n) is 6.93. The predicted molar refractivity (Wildman–Crippen MR) is 89.4 cm³/mol. The number of benzene rings is 1. The minimum atomic E-state index is -0.511. The van der Waals surface area contributed by atoms with Crippen molar-refractivity contribution in [2.75, 3.05) is 11.9 Å². The zero-order valence-corrected chi connectivity index (χ0v) is 14.0. The Morgan fingerprint density at radius 3 is 2.70 bits per heavy atom. The number of nitrogens with zero attached hydrogens (tertiary/aromatic N) is 1. The Hall–Kier alpha value is -2.41. The van der Waals surface area contributed by atoms with E-state index in [2.05, 4.69) is 21.2 Å². The van der Waals surface area contributed by atoms with Gasteiger partial charge in [0.2, 0.25) is 5.91 Å². The van der Waals surface area contributed by atoms with Crippen LogP contribution in [0.1, 0.15) is 17.3 Å². The number of pyridine rings is 1. The molecule has 0 radical (unpaired) electrons. The normalized spacial score (nSPS) is 10.2. The highest BCUT2D eigenvalue weighted by molar-refractivity contribution is 9.10. The smallest absolute Gasteiger partial charge is 0.340 e. The van der Waals surface area contributed by atoms with E-state index in [1.165, 1.54) is 16.8 Å². The Kier molecular flexibility index (Phi) is 5.70. The Morgan fingerprint density at radius 1 is 1.22 bits per heavy atom. The van der Waals surface area contributed by atoms with Crippen LogP contribution < -0.4 is 10.9 Å². The number of ether oxygens (including phenoxy) is 1. The first-order valence-corrected chi connectivity index (χ1v) is 7.72. The third kappa shape index (κ3) is 4.53. The molecule has 0 fully saturated rings. The largest absolute Gasteiger partial charge is 0.462 e. The summed E-state index contributed by atoms with van der Waals surface area (Å²) in [4.78, 5) is 35.7. The lowest BCUT2D eigenvalue weighted by atomic mass is 10.2. The lowest BCUT2D eigenvalue weighted by molar-refractivity contribution is -0.116. The van der Waals surface area contributed by atoms with Crippen LogP contribution in [-0.2, 0) is 16.1 Å². The van der Waals surface area contributed by atoms with Crippen LogP contribution in [0.15, 0.2) is 51.9 Å². The molecule has 1 heterocycles. The SMILES string of the molecule is CCOC(=O)c1ccccc1NC(=O)Cn1cc(Br)ccc1=O. The highest BCUT2D eigenvalue weighted by Gasteiger charge is 2.14. The van der Waals surface area contributed by atoms with Crippen LogP contribution in [-0.4, -0.2) is 23.1 Å². The lowest BCUT2D eigenvalue weighted by Gasteiger charge is -2.11. The standard InChI is InChI=1S/C16H15BrN2O4/c1-2-23-16(22)12-5-3-4-6-13(12)18-14(20)10-19-9-11(17)7-8-15(19)21/h3-9H,2,10H2,1H3,(H,18,20). The van der Waals surface area contributed by atoms with Gasteiger partial charge >= 0.3 is 5.97 Å². The molecule has 2 aromatic rings. The number of nitrogens with one attached hydrogen (secondary N) is 1. The molecule has 7 heteroatoms. The predicted octanol–water partition coefficient (Wildman–Crippen LogP) is 2.43. The quantitative estimate of drug-likeness (QED) is 0.810. The molecular weight excluding hydrogens is 364 g/mol. The number of esters is 1. The summed E-state index contributed by atoms with van der Waals surface area (Å²) in [6.07, 6.45) is 1.53. The molecule has 0 atom stereocenters. The summed E-state index contributed by atoms with van der Waals surface area (Å²) in [6, 6.07) is 9.52. The fourth-order valence-corrected chi connectivity index (χ4v) is 2.33. The van der Waals surface area contributed by atoms with Crippen LogP contribution in [0.4, 0.5) is 5.69 Å². The van der Waals surface area contributed by atoms with E-state index >= 15 is 0 Å². The second kappa shape index (κ2) is 7.73. The van der Waals surface area contributed by atoms with E-state index in [0.29, 0.717) is 10.2 Å². The molecule has 1 aromatic carbocycles. The maximum atomic E-state index is 12.1. The highest BCUT2D eigenvalue weighted by atomic mass is 79.9. The van der Waals surface area contributed by atoms with Crippen molar-refractivity contribution in [1.29, 1.82) is 0 Å². The number of carbonyl (C=O) groups is 2. The Labute approximate surface area is 141 Å². The van der Waals surface area contributed by atoms with Crippen LogP contribution >= 0.6 is 15.9 Å². The molecule has 2 rings (SSSR count). The summed E-state index contributed by atoms with van der Waals surface area (Å²) in [5.41, 5.74) is 0.324. The van der Waals surface area contributed by atoms with Gasteiger partial charge in [-0.15, -0.1) is 0 Å². The number of anilines is 1. The van der Waals surface area contributed by atoms with Gasteiger partial charge in [-0.2, -0.15) is 0 Å². The van der Waals surface area contributed by atoms with Crippen molar-refractivity contribution in [3.63, 3.8) is 0 Å². The number of amides is 1. The molecule has 0 aliphatic carbocycles. The van der Waals surface area contributed by atoms with E-state index in [9.17, 15) is 14.4 Å². The molecule has 0 aliphatic heterocycles. The van der Waals surface area contributed by atoms with Gasteiger partial charge in [-0.05, 0) is 41.1 Å². The number of carbonyl (C=O) groups excluding carboxylic acids is 2. The number of hydrogen-bond acceptors (Lipinski definition) is 4. The van der Waals surface area contributed by atoms with Crippen molar-refractivity contribution in [2.45, 2.75) is 13.5 Å². The molecule has 0 spiro atoms. The third-order valence-electron chi connectivity index (χ3n) is 2.96. The molecular formula is C16H15BrN2O4. The van der Waals surface area contributed by atoms with Crippen LogP contribution in [0, 0.1) is 0 Å². The van der Waals surface area contributed by atoms with Crippen molar-refractivity contribution >= 4 is 33.5 Å². The molecule has 0 saturated heterocycles. The van der Waals surface area contributed by atoms with E-state index in [4.69, 9.17) is 4.74 Å². The zero-order chi connectivity index (χ0) is 16.8. The molecule has 0 saturated carbocycles. The van der Waals surface area contributed by atoms with Gasteiger partial charge < -0.3 is 14.6 Å². The second-order valence-electron chi connectivity index (χ2n) is 4.63. The number of rotatable bonds is 5. The van der Waals surface area contributed by atoms with Gasteiger partial charge in [0.15, 0.2) is 0 Å². The van der Waals surface area contributed by atoms with Gasteiger partial charge in [0, 0.05) is 16.7 Å².